The van der Waals surface area contributed by atoms with Crippen molar-refractivity contribution in [1.29, 1.82) is 0 Å². The van der Waals surface area contributed by atoms with Crippen molar-refractivity contribution >= 4 is 40.4 Å². The average Bonchev–Trinajstić information content (AvgIpc) is 2.63. The monoisotopic (exact) mass is 468 g/mol. The van der Waals surface area contributed by atoms with E-state index in [1.165, 1.54) is 72.8 Å². The molecule has 0 unspecified atom stereocenters. The van der Waals surface area contributed by atoms with Crippen molar-refractivity contribution in [3.05, 3.63) is 91.0 Å². The largest absolute Gasteiger partial charge is 1.00 e. The first-order valence-electron chi connectivity index (χ1n) is 7.77. The molecule has 0 heterocycles. The van der Waals surface area contributed by atoms with Crippen LogP contribution in [-0.2, 0) is 19.5 Å². The molecule has 0 bridgehead atoms. The molecule has 0 saturated heterocycles. The summed E-state index contributed by atoms with van der Waals surface area (Å²) in [5.41, 5.74) is 0. The molecule has 142 valence electrons. The van der Waals surface area contributed by atoms with Gasteiger partial charge in [0.1, 0.15) is 0 Å². The van der Waals surface area contributed by atoms with Crippen LogP contribution in [0.3, 0.4) is 0 Å². The Balaban J connectivity index is 0.00000210. The van der Waals surface area contributed by atoms with Gasteiger partial charge in [-0.3, -0.25) is 0 Å². The first kappa shape index (κ1) is 26.9. The Hall–Kier alpha value is -0.0900. The van der Waals surface area contributed by atoms with Crippen LogP contribution >= 0.6 is 5.01 Å². The topological polar surface area (TPSA) is 114 Å². The van der Waals surface area contributed by atoms with Gasteiger partial charge in [0, 0.05) is 0 Å². The van der Waals surface area contributed by atoms with Gasteiger partial charge < -0.3 is 0 Å². The molecule has 11 heteroatoms. The molecule has 3 rings (SSSR count). The SMILES string of the molecule is O=S(=O)([O-])P(c1ccccc1)(c1ccccc1)(c1ccccc1)S(=O)(=O)[O-].[Na+].[Na+]. The van der Waals surface area contributed by atoms with Crippen molar-refractivity contribution < 1.29 is 85.1 Å². The van der Waals surface area contributed by atoms with Gasteiger partial charge in [0.05, 0.1) is 0 Å². The first-order valence-corrected chi connectivity index (χ1v) is 14.0. The second kappa shape index (κ2) is 9.59. The molecule has 3 aromatic carbocycles. The minimum absolute atomic E-state index is 0. The van der Waals surface area contributed by atoms with Gasteiger partial charge in [0.25, 0.3) is 0 Å². The number of hydrogen-bond donors (Lipinski definition) is 0. The predicted molar refractivity (Wildman–Crippen MR) is 105 cm³/mol. The third-order valence-corrected chi connectivity index (χ3v) is 22.1. The molecule has 6 nitrogen and oxygen atoms in total. The van der Waals surface area contributed by atoms with Crippen molar-refractivity contribution in [1.82, 2.24) is 0 Å². The average molecular weight is 468 g/mol. The second-order valence-corrected chi connectivity index (χ2v) is 18.8. The third-order valence-electron chi connectivity index (χ3n) is 4.53. The Labute approximate surface area is 214 Å². The first-order chi connectivity index (χ1) is 12.7. The van der Waals surface area contributed by atoms with Gasteiger partial charge >= 0.3 is 216 Å². The fourth-order valence-electron chi connectivity index (χ4n) is 3.43. The smallest absolute Gasteiger partial charge is 1.00 e. The Morgan fingerprint density at radius 1 is 0.483 bits per heavy atom. The molecule has 0 aromatic heterocycles. The molecular formula is C18H15Na2O6PS2. The van der Waals surface area contributed by atoms with Gasteiger partial charge in [-0.2, -0.15) is 0 Å². The summed E-state index contributed by atoms with van der Waals surface area (Å²) in [6.07, 6.45) is 0. The fraction of sp³-hybridized carbons (Fsp3) is 0. The van der Waals surface area contributed by atoms with Crippen LogP contribution in [0, 0.1) is 0 Å². The summed E-state index contributed by atoms with van der Waals surface area (Å²) in [5, 5.41) is -7.05. The van der Waals surface area contributed by atoms with Crippen molar-refractivity contribution in [3.63, 3.8) is 0 Å². The molecule has 0 aliphatic rings. The van der Waals surface area contributed by atoms with E-state index in [-0.39, 0.29) is 75.0 Å². The second-order valence-electron chi connectivity index (χ2n) is 5.82. The maximum atomic E-state index is 12.9. The van der Waals surface area contributed by atoms with Crippen molar-refractivity contribution in [2.24, 2.45) is 0 Å². The standard InChI is InChI=1S/C18H17O6PS2.2Na/c19-26(20,21)25(27(22,23)24,16-10-4-1-5-11-16,17-12-6-2-7-13-17)18-14-8-3-9-15-18;;/h1-15H,(H,19,20,21)(H,22,23,24);;/q;2*+1/p-2. The van der Waals surface area contributed by atoms with Gasteiger partial charge in [-0.1, -0.05) is 0 Å². The van der Waals surface area contributed by atoms with Gasteiger partial charge in [-0.05, 0) is 0 Å². The van der Waals surface area contributed by atoms with E-state index in [2.05, 4.69) is 0 Å². The van der Waals surface area contributed by atoms with E-state index in [0.29, 0.717) is 0 Å². The molecule has 0 amide bonds. The van der Waals surface area contributed by atoms with E-state index in [4.69, 9.17) is 0 Å². The van der Waals surface area contributed by atoms with Crippen LogP contribution in [0.4, 0.5) is 0 Å². The van der Waals surface area contributed by atoms with Crippen molar-refractivity contribution in [2.75, 3.05) is 0 Å². The maximum Gasteiger partial charge on any atom is 1.00 e. The molecule has 0 atom stereocenters. The summed E-state index contributed by atoms with van der Waals surface area (Å²) in [7, 11) is -11.4. The van der Waals surface area contributed by atoms with Crippen LogP contribution in [0.5, 0.6) is 0 Å². The van der Waals surface area contributed by atoms with E-state index in [1.54, 1.807) is 18.2 Å². The Bertz CT molecular complexity index is 1040. The van der Waals surface area contributed by atoms with E-state index in [9.17, 15) is 25.9 Å². The maximum absolute atomic E-state index is 12.9. The molecule has 0 aliphatic heterocycles. The fourth-order valence-corrected chi connectivity index (χ4v) is 17.8. The zero-order chi connectivity index (χ0) is 19.8. The number of rotatable bonds is 5. The van der Waals surface area contributed by atoms with Gasteiger partial charge in [-0.15, -0.1) is 0 Å². The predicted octanol–water partition coefficient (Wildman–Crippen LogP) is -4.56. The van der Waals surface area contributed by atoms with Crippen LogP contribution in [0.25, 0.3) is 0 Å². The van der Waals surface area contributed by atoms with Crippen LogP contribution in [-0.4, -0.2) is 25.9 Å². The molecule has 0 radical (unpaired) electrons. The van der Waals surface area contributed by atoms with Gasteiger partial charge in [0.15, 0.2) is 0 Å². The minimum Gasteiger partial charge on any atom is 1.00 e. The zero-order valence-electron chi connectivity index (χ0n) is 15.9. The molecular weight excluding hydrogens is 453 g/mol. The minimum atomic E-state index is -6.07. The quantitative estimate of drug-likeness (QED) is 0.212. The van der Waals surface area contributed by atoms with Crippen LogP contribution in [0.1, 0.15) is 0 Å². The van der Waals surface area contributed by atoms with E-state index in [1.807, 2.05) is 0 Å². The van der Waals surface area contributed by atoms with Crippen molar-refractivity contribution in [2.45, 2.75) is 0 Å². The molecule has 0 spiro atoms. The molecule has 3 aromatic rings. The van der Waals surface area contributed by atoms with Crippen LogP contribution in [0.2, 0.25) is 0 Å². The molecule has 0 fully saturated rings. The van der Waals surface area contributed by atoms with Crippen LogP contribution < -0.4 is 75.0 Å². The van der Waals surface area contributed by atoms with Gasteiger partial charge in [-0.25, -0.2) is 0 Å². The zero-order valence-corrected chi connectivity index (χ0v) is 22.4. The normalized spacial score (nSPS) is 13.2. The molecule has 29 heavy (non-hydrogen) atoms. The summed E-state index contributed by atoms with van der Waals surface area (Å²) in [5.74, 6) is 0. The van der Waals surface area contributed by atoms with Gasteiger partial charge in [0.2, 0.25) is 0 Å². The summed E-state index contributed by atoms with van der Waals surface area (Å²) < 4.78 is 77.7. The molecule has 0 aliphatic carbocycles. The summed E-state index contributed by atoms with van der Waals surface area (Å²) >= 11 is 0. The molecule has 0 saturated carbocycles. The Kier molecular flexibility index (Phi) is 8.91. The Morgan fingerprint density at radius 2 is 0.690 bits per heavy atom. The summed E-state index contributed by atoms with van der Waals surface area (Å²) in [6, 6.07) is 20.3. The third kappa shape index (κ3) is 3.62. The van der Waals surface area contributed by atoms with Crippen LogP contribution in [0.15, 0.2) is 91.0 Å². The molecule has 0 N–H and O–H groups in total. The Morgan fingerprint density at radius 3 is 0.862 bits per heavy atom. The summed E-state index contributed by atoms with van der Waals surface area (Å²) in [6.45, 7) is 0. The number of benzene rings is 3. The van der Waals surface area contributed by atoms with E-state index >= 15 is 0 Å². The number of hydrogen-bond acceptors (Lipinski definition) is 6. The van der Waals surface area contributed by atoms with E-state index < -0.39 is 24.5 Å². The van der Waals surface area contributed by atoms with E-state index in [0.717, 1.165) is 0 Å². The summed E-state index contributed by atoms with van der Waals surface area (Å²) in [4.78, 5) is 0. The van der Waals surface area contributed by atoms with Crippen molar-refractivity contribution in [3.8, 4) is 0 Å².